The van der Waals surface area contributed by atoms with Gasteiger partial charge in [-0.2, -0.15) is 0 Å². The quantitative estimate of drug-likeness (QED) is 0.685. The third-order valence-corrected chi connectivity index (χ3v) is 5.08. The smallest absolute Gasteiger partial charge is 0.212 e. The largest absolute Gasteiger partial charge is 0.320 e. The van der Waals surface area contributed by atoms with E-state index in [1.54, 1.807) is 11.3 Å². The van der Waals surface area contributed by atoms with Gasteiger partial charge in [0.15, 0.2) is 0 Å². The van der Waals surface area contributed by atoms with Crippen molar-refractivity contribution in [2.75, 3.05) is 19.3 Å². The molecule has 0 radical (unpaired) electrons. The first kappa shape index (κ1) is 15.6. The van der Waals surface area contributed by atoms with Crippen molar-refractivity contribution in [3.05, 3.63) is 22.4 Å². The summed E-state index contributed by atoms with van der Waals surface area (Å²) in [6, 6.07) is 3.87. The van der Waals surface area contributed by atoms with Gasteiger partial charge in [0.1, 0.15) is 0 Å². The first-order valence-electron chi connectivity index (χ1n) is 6.27. The molecule has 1 heterocycles. The van der Waals surface area contributed by atoms with Crippen LogP contribution in [-0.2, 0) is 10.0 Å². The summed E-state index contributed by atoms with van der Waals surface area (Å²) in [5, 5.41) is 4.94. The lowest BCUT2D eigenvalue weighted by Crippen LogP contribution is -2.31. The molecule has 1 atom stereocenters. The SMILES string of the molecule is CCCC(NS(=O)(=O)CCCNC)c1cccs1. The highest BCUT2D eigenvalue weighted by atomic mass is 32.2. The second-order valence-corrected chi connectivity index (χ2v) is 7.10. The maximum Gasteiger partial charge on any atom is 0.212 e. The molecule has 4 nitrogen and oxygen atoms in total. The second kappa shape index (κ2) is 7.89. The highest BCUT2D eigenvalue weighted by molar-refractivity contribution is 7.89. The van der Waals surface area contributed by atoms with E-state index in [0.717, 1.165) is 24.3 Å². The molecule has 0 fully saturated rings. The number of hydrogen-bond acceptors (Lipinski definition) is 4. The Hall–Kier alpha value is -0.430. The molecule has 6 heteroatoms. The van der Waals surface area contributed by atoms with Crippen LogP contribution in [0.1, 0.15) is 37.1 Å². The molecule has 0 amide bonds. The molecule has 0 aliphatic rings. The van der Waals surface area contributed by atoms with Crippen LogP contribution in [0.15, 0.2) is 17.5 Å². The van der Waals surface area contributed by atoms with Gasteiger partial charge in [-0.1, -0.05) is 19.4 Å². The van der Waals surface area contributed by atoms with Crippen LogP contribution in [0.2, 0.25) is 0 Å². The number of rotatable bonds is 9. The van der Waals surface area contributed by atoms with Crippen LogP contribution in [0.5, 0.6) is 0 Å². The monoisotopic (exact) mass is 290 g/mol. The number of hydrogen-bond donors (Lipinski definition) is 2. The van der Waals surface area contributed by atoms with E-state index in [1.807, 2.05) is 24.6 Å². The van der Waals surface area contributed by atoms with E-state index in [1.165, 1.54) is 0 Å². The van der Waals surface area contributed by atoms with Crippen molar-refractivity contribution >= 4 is 21.4 Å². The molecule has 18 heavy (non-hydrogen) atoms. The minimum Gasteiger partial charge on any atom is -0.320 e. The molecule has 104 valence electrons. The first-order chi connectivity index (χ1) is 8.59. The normalized spacial score (nSPS) is 13.7. The predicted octanol–water partition coefficient (Wildman–Crippen LogP) is 2.12. The van der Waals surface area contributed by atoms with E-state index in [0.29, 0.717) is 6.42 Å². The molecule has 0 bridgehead atoms. The van der Waals surface area contributed by atoms with Crippen molar-refractivity contribution in [1.82, 2.24) is 10.0 Å². The van der Waals surface area contributed by atoms with E-state index >= 15 is 0 Å². The third kappa shape index (κ3) is 5.48. The average Bonchev–Trinajstić information content (AvgIpc) is 2.81. The van der Waals surface area contributed by atoms with Crippen LogP contribution in [-0.4, -0.2) is 27.8 Å². The Balaban J connectivity index is 2.60. The third-order valence-electron chi connectivity index (χ3n) is 2.63. The minimum absolute atomic E-state index is 0.0745. The van der Waals surface area contributed by atoms with E-state index in [-0.39, 0.29) is 11.8 Å². The molecular formula is C12H22N2O2S2. The Labute approximate surface area is 114 Å². The lowest BCUT2D eigenvalue weighted by atomic mass is 10.1. The van der Waals surface area contributed by atoms with Gasteiger partial charge in [-0.25, -0.2) is 13.1 Å². The molecule has 1 aromatic heterocycles. The van der Waals surface area contributed by atoms with Crippen molar-refractivity contribution < 1.29 is 8.42 Å². The summed E-state index contributed by atoms with van der Waals surface area (Å²) in [6.07, 6.45) is 2.43. The standard InChI is InChI=1S/C12H22N2O2S2/c1-3-6-11(12-7-4-9-17-12)14-18(15,16)10-5-8-13-2/h4,7,9,11,13-14H,3,5-6,8,10H2,1-2H3. The van der Waals surface area contributed by atoms with E-state index < -0.39 is 10.0 Å². The summed E-state index contributed by atoms with van der Waals surface area (Å²) in [4.78, 5) is 1.09. The summed E-state index contributed by atoms with van der Waals surface area (Å²) in [5.41, 5.74) is 0. The van der Waals surface area contributed by atoms with Gasteiger partial charge in [0, 0.05) is 4.88 Å². The molecule has 2 N–H and O–H groups in total. The minimum atomic E-state index is -3.18. The van der Waals surface area contributed by atoms with Crippen molar-refractivity contribution in [1.29, 1.82) is 0 Å². The van der Waals surface area contributed by atoms with Crippen LogP contribution in [0.25, 0.3) is 0 Å². The Morgan fingerprint density at radius 3 is 2.78 bits per heavy atom. The van der Waals surface area contributed by atoms with Gasteiger partial charge in [0.25, 0.3) is 0 Å². The zero-order valence-electron chi connectivity index (χ0n) is 11.0. The first-order valence-corrected chi connectivity index (χ1v) is 8.80. The fourth-order valence-corrected chi connectivity index (χ4v) is 3.96. The lowest BCUT2D eigenvalue weighted by Gasteiger charge is -2.16. The zero-order chi connectivity index (χ0) is 13.4. The topological polar surface area (TPSA) is 58.2 Å². The maximum absolute atomic E-state index is 12.0. The van der Waals surface area contributed by atoms with Gasteiger partial charge in [-0.15, -0.1) is 11.3 Å². The van der Waals surface area contributed by atoms with E-state index in [2.05, 4.69) is 17.0 Å². The Morgan fingerprint density at radius 1 is 1.44 bits per heavy atom. The molecule has 0 aliphatic heterocycles. The molecule has 0 saturated heterocycles. The highest BCUT2D eigenvalue weighted by Gasteiger charge is 2.19. The van der Waals surface area contributed by atoms with Crippen molar-refractivity contribution in [3.8, 4) is 0 Å². The maximum atomic E-state index is 12.0. The summed E-state index contributed by atoms with van der Waals surface area (Å²) in [7, 11) is -1.36. The van der Waals surface area contributed by atoms with Crippen LogP contribution in [0.4, 0.5) is 0 Å². The fourth-order valence-electron chi connectivity index (χ4n) is 1.75. The highest BCUT2D eigenvalue weighted by Crippen LogP contribution is 2.24. The van der Waals surface area contributed by atoms with Crippen molar-refractivity contribution in [2.24, 2.45) is 0 Å². The predicted molar refractivity (Wildman–Crippen MR) is 77.4 cm³/mol. The van der Waals surface area contributed by atoms with Crippen LogP contribution < -0.4 is 10.0 Å². The molecular weight excluding hydrogens is 268 g/mol. The van der Waals surface area contributed by atoms with Crippen LogP contribution in [0.3, 0.4) is 0 Å². The lowest BCUT2D eigenvalue weighted by molar-refractivity contribution is 0.537. The van der Waals surface area contributed by atoms with Gasteiger partial charge in [0.2, 0.25) is 10.0 Å². The van der Waals surface area contributed by atoms with Gasteiger partial charge in [-0.05, 0) is 37.9 Å². The number of sulfonamides is 1. The van der Waals surface area contributed by atoms with Gasteiger partial charge >= 0.3 is 0 Å². The van der Waals surface area contributed by atoms with Gasteiger partial charge < -0.3 is 5.32 Å². The number of thiophene rings is 1. The van der Waals surface area contributed by atoms with Crippen molar-refractivity contribution in [2.45, 2.75) is 32.2 Å². The molecule has 1 rings (SSSR count). The summed E-state index contributed by atoms with van der Waals surface area (Å²) < 4.78 is 26.7. The van der Waals surface area contributed by atoms with Crippen LogP contribution in [0, 0.1) is 0 Å². The molecule has 1 unspecified atom stereocenters. The van der Waals surface area contributed by atoms with E-state index in [4.69, 9.17) is 0 Å². The Morgan fingerprint density at radius 2 is 2.22 bits per heavy atom. The fraction of sp³-hybridized carbons (Fsp3) is 0.667. The van der Waals surface area contributed by atoms with Gasteiger partial charge in [0.05, 0.1) is 11.8 Å². The van der Waals surface area contributed by atoms with Crippen LogP contribution >= 0.6 is 11.3 Å². The van der Waals surface area contributed by atoms with E-state index in [9.17, 15) is 8.42 Å². The Kier molecular flexibility index (Phi) is 6.85. The Bertz CT molecular complexity index is 415. The molecule has 0 spiro atoms. The molecule has 0 aliphatic carbocycles. The zero-order valence-corrected chi connectivity index (χ0v) is 12.6. The summed E-state index contributed by atoms with van der Waals surface area (Å²) >= 11 is 1.60. The summed E-state index contributed by atoms with van der Waals surface area (Å²) in [6.45, 7) is 2.79. The number of nitrogens with one attached hydrogen (secondary N) is 2. The van der Waals surface area contributed by atoms with Crippen molar-refractivity contribution in [3.63, 3.8) is 0 Å². The van der Waals surface area contributed by atoms with Gasteiger partial charge in [-0.3, -0.25) is 0 Å². The average molecular weight is 290 g/mol. The molecule has 1 aromatic rings. The molecule has 0 saturated carbocycles. The summed E-state index contributed by atoms with van der Waals surface area (Å²) in [5.74, 6) is 0.180. The second-order valence-electron chi connectivity index (χ2n) is 4.25. The molecule has 0 aromatic carbocycles.